The lowest BCUT2D eigenvalue weighted by atomic mass is 9.80. The van der Waals surface area contributed by atoms with E-state index < -0.39 is 0 Å². The third-order valence-electron chi connectivity index (χ3n) is 5.31. The van der Waals surface area contributed by atoms with Crippen molar-refractivity contribution in [2.45, 2.75) is 40.2 Å². The topological polar surface area (TPSA) is 38.3 Å². The number of allylic oxidation sites excluding steroid dienone is 1. The molecule has 1 heterocycles. The summed E-state index contributed by atoms with van der Waals surface area (Å²) in [6.45, 7) is 9.02. The van der Waals surface area contributed by atoms with Gasteiger partial charge in [0.15, 0.2) is 0 Å². The van der Waals surface area contributed by atoms with Crippen molar-refractivity contribution in [3.63, 3.8) is 0 Å². The van der Waals surface area contributed by atoms with Gasteiger partial charge in [0.1, 0.15) is 6.10 Å². The van der Waals surface area contributed by atoms with Gasteiger partial charge >= 0.3 is 0 Å². The van der Waals surface area contributed by atoms with Crippen LogP contribution in [0, 0.1) is 18.8 Å². The summed E-state index contributed by atoms with van der Waals surface area (Å²) in [5.41, 5.74) is 5.85. The first kappa shape index (κ1) is 20.9. The molecule has 0 spiro atoms. The molecule has 0 aliphatic carbocycles. The van der Waals surface area contributed by atoms with E-state index in [-0.39, 0.29) is 17.9 Å². The third kappa shape index (κ3) is 5.17. The van der Waals surface area contributed by atoms with Crippen LogP contribution in [0.5, 0.6) is 0 Å². The lowest BCUT2D eigenvalue weighted by molar-refractivity contribution is -0.123. The Hall–Kier alpha value is -2.81. The summed E-state index contributed by atoms with van der Waals surface area (Å²) in [6.07, 6.45) is 4.12. The highest BCUT2D eigenvalue weighted by Gasteiger charge is 2.36. The Kier molecular flexibility index (Phi) is 6.92. The molecular formula is C26H31NO2. The smallest absolute Gasteiger partial charge is 0.223 e. The van der Waals surface area contributed by atoms with Crippen molar-refractivity contribution in [1.29, 1.82) is 0 Å². The molecule has 3 heteroatoms. The maximum Gasteiger partial charge on any atom is 0.223 e. The predicted octanol–water partition coefficient (Wildman–Crippen LogP) is 5.62. The van der Waals surface area contributed by atoms with Crippen LogP contribution in [0.15, 0.2) is 66.9 Å². The summed E-state index contributed by atoms with van der Waals surface area (Å²) >= 11 is 0. The second kappa shape index (κ2) is 9.60. The Balaban J connectivity index is 1.91. The van der Waals surface area contributed by atoms with Crippen LogP contribution in [0.25, 0.3) is 11.1 Å². The average molecular weight is 390 g/mol. The van der Waals surface area contributed by atoms with Gasteiger partial charge in [0.25, 0.3) is 0 Å². The fourth-order valence-electron chi connectivity index (χ4n) is 3.77. The summed E-state index contributed by atoms with van der Waals surface area (Å²) < 4.78 is 6.08. The molecule has 2 unspecified atom stereocenters. The number of nitrogens with one attached hydrogen (secondary N) is 1. The van der Waals surface area contributed by atoms with Crippen LogP contribution < -0.4 is 5.32 Å². The number of carbonyl (C=O) groups is 1. The van der Waals surface area contributed by atoms with Crippen molar-refractivity contribution in [3.8, 4) is 0 Å². The molecule has 0 saturated carbocycles. The summed E-state index contributed by atoms with van der Waals surface area (Å²) in [5.74, 6) is 0.474. The highest BCUT2D eigenvalue weighted by Crippen LogP contribution is 2.43. The number of benzene rings is 2. The van der Waals surface area contributed by atoms with Crippen LogP contribution in [0.3, 0.4) is 0 Å². The molecule has 1 N–H and O–H groups in total. The first-order valence-corrected chi connectivity index (χ1v) is 10.4. The van der Waals surface area contributed by atoms with E-state index in [0.717, 1.165) is 16.7 Å². The fourth-order valence-corrected chi connectivity index (χ4v) is 3.77. The van der Waals surface area contributed by atoms with E-state index in [4.69, 9.17) is 4.74 Å². The molecule has 2 aromatic carbocycles. The minimum Gasteiger partial charge on any atom is -0.496 e. The molecule has 2 aromatic rings. The third-order valence-corrected chi connectivity index (χ3v) is 5.31. The Labute approximate surface area is 174 Å². The van der Waals surface area contributed by atoms with Crippen LogP contribution in [0.1, 0.15) is 43.9 Å². The lowest BCUT2D eigenvalue weighted by Crippen LogP contribution is -2.33. The van der Waals surface area contributed by atoms with E-state index in [9.17, 15) is 4.79 Å². The largest absolute Gasteiger partial charge is 0.496 e. The molecule has 0 saturated heterocycles. The van der Waals surface area contributed by atoms with Gasteiger partial charge in [-0.3, -0.25) is 4.79 Å². The van der Waals surface area contributed by atoms with Gasteiger partial charge in [0.05, 0.1) is 18.6 Å². The zero-order valence-electron chi connectivity index (χ0n) is 17.8. The van der Waals surface area contributed by atoms with E-state index >= 15 is 0 Å². The molecule has 0 bridgehead atoms. The number of amides is 1. The van der Waals surface area contributed by atoms with E-state index in [2.05, 4.69) is 75.5 Å². The Bertz CT molecular complexity index is 879. The van der Waals surface area contributed by atoms with Crippen LogP contribution >= 0.6 is 0 Å². The normalized spacial score (nSPS) is 19.1. The molecule has 1 aliphatic heterocycles. The van der Waals surface area contributed by atoms with E-state index in [1.54, 1.807) is 0 Å². The molecule has 2 atom stereocenters. The van der Waals surface area contributed by atoms with Gasteiger partial charge in [-0.25, -0.2) is 0 Å². The summed E-state index contributed by atoms with van der Waals surface area (Å²) in [5, 5.41) is 3.03. The van der Waals surface area contributed by atoms with Crippen molar-refractivity contribution < 1.29 is 9.53 Å². The number of hydrogen-bond acceptors (Lipinski definition) is 2. The summed E-state index contributed by atoms with van der Waals surface area (Å²) in [4.78, 5) is 12.6. The van der Waals surface area contributed by atoms with Crippen LogP contribution in [0.4, 0.5) is 0 Å². The van der Waals surface area contributed by atoms with Crippen molar-refractivity contribution in [2.24, 2.45) is 11.8 Å². The van der Waals surface area contributed by atoms with Gasteiger partial charge in [-0.2, -0.15) is 0 Å². The maximum absolute atomic E-state index is 12.6. The second-order valence-electron chi connectivity index (χ2n) is 8.10. The molecule has 29 heavy (non-hydrogen) atoms. The van der Waals surface area contributed by atoms with Crippen molar-refractivity contribution in [2.75, 3.05) is 6.54 Å². The number of hydrogen-bond donors (Lipinski definition) is 1. The number of aryl methyl sites for hydroxylation is 1. The Morgan fingerprint density at radius 2 is 1.79 bits per heavy atom. The zero-order chi connectivity index (χ0) is 20.8. The summed E-state index contributed by atoms with van der Waals surface area (Å²) in [7, 11) is 0. The van der Waals surface area contributed by atoms with Crippen LogP contribution in [-0.2, 0) is 9.53 Å². The Morgan fingerprint density at radius 3 is 2.41 bits per heavy atom. The number of carbonyl (C=O) groups excluding carboxylic acids is 1. The Morgan fingerprint density at radius 1 is 1.10 bits per heavy atom. The molecule has 1 aliphatic rings. The molecule has 152 valence electrons. The monoisotopic (exact) mass is 389 g/mol. The van der Waals surface area contributed by atoms with E-state index in [1.165, 1.54) is 11.1 Å². The standard InChI is InChI=1S/C26H31NO2/c1-5-22(20-9-7-6-8-10-20)26-23(21-13-11-19(4)12-14-21)17-29-24(26)15-25(28)27-16-18(2)3/h5-14,17-18,24,26H,15-16H2,1-4H3,(H,27,28)/b22-5+. The minimum atomic E-state index is -0.218. The summed E-state index contributed by atoms with van der Waals surface area (Å²) in [6, 6.07) is 18.9. The first-order valence-electron chi connectivity index (χ1n) is 10.4. The van der Waals surface area contributed by atoms with E-state index in [1.807, 2.05) is 24.5 Å². The predicted molar refractivity (Wildman–Crippen MR) is 120 cm³/mol. The SMILES string of the molecule is C/C=C(\c1ccccc1)C1C(c2ccc(C)cc2)=COC1CC(=O)NCC(C)C. The fraction of sp³-hybridized carbons (Fsp3) is 0.346. The van der Waals surface area contributed by atoms with E-state index in [0.29, 0.717) is 18.9 Å². The maximum atomic E-state index is 12.6. The molecule has 0 aromatic heterocycles. The van der Waals surface area contributed by atoms with Crippen molar-refractivity contribution >= 4 is 17.1 Å². The molecule has 3 rings (SSSR count). The van der Waals surface area contributed by atoms with Gasteiger partial charge in [-0.05, 0) is 36.5 Å². The number of rotatable bonds is 7. The highest BCUT2D eigenvalue weighted by atomic mass is 16.5. The van der Waals surface area contributed by atoms with Gasteiger partial charge in [-0.15, -0.1) is 0 Å². The van der Waals surface area contributed by atoms with Gasteiger partial charge in [0, 0.05) is 12.1 Å². The molecule has 0 fully saturated rings. The molecular weight excluding hydrogens is 358 g/mol. The van der Waals surface area contributed by atoms with Gasteiger partial charge in [0.2, 0.25) is 5.91 Å². The minimum absolute atomic E-state index is 0.00917. The number of ether oxygens (including phenoxy) is 1. The highest BCUT2D eigenvalue weighted by molar-refractivity contribution is 5.86. The van der Waals surface area contributed by atoms with Gasteiger partial charge in [-0.1, -0.05) is 80.1 Å². The molecule has 0 radical (unpaired) electrons. The lowest BCUT2D eigenvalue weighted by Gasteiger charge is -2.25. The van der Waals surface area contributed by atoms with Crippen molar-refractivity contribution in [3.05, 3.63) is 83.6 Å². The first-order chi connectivity index (χ1) is 14.0. The zero-order valence-corrected chi connectivity index (χ0v) is 17.8. The van der Waals surface area contributed by atoms with Crippen LogP contribution in [-0.4, -0.2) is 18.6 Å². The van der Waals surface area contributed by atoms with Crippen LogP contribution in [0.2, 0.25) is 0 Å². The average Bonchev–Trinajstić information content (AvgIpc) is 3.12. The second-order valence-corrected chi connectivity index (χ2v) is 8.10. The van der Waals surface area contributed by atoms with Crippen molar-refractivity contribution in [1.82, 2.24) is 5.32 Å². The van der Waals surface area contributed by atoms with Gasteiger partial charge < -0.3 is 10.1 Å². The quantitative estimate of drug-likeness (QED) is 0.668. The molecule has 3 nitrogen and oxygen atoms in total. The molecule has 1 amide bonds.